The van der Waals surface area contributed by atoms with Crippen LogP contribution in [0.1, 0.15) is 48.3 Å². The molecule has 0 bridgehead atoms. The number of ether oxygens (including phenoxy) is 1. The molecule has 1 aromatic carbocycles. The smallest absolute Gasteiger partial charge is 0.134 e. The van der Waals surface area contributed by atoms with E-state index in [1.165, 1.54) is 29.7 Å². The summed E-state index contributed by atoms with van der Waals surface area (Å²) in [6, 6.07) is 10.2. The van der Waals surface area contributed by atoms with Crippen LogP contribution in [0.2, 0.25) is 0 Å². The van der Waals surface area contributed by atoms with E-state index in [2.05, 4.69) is 24.0 Å². The highest BCUT2D eigenvalue weighted by Crippen LogP contribution is 2.40. The minimum absolute atomic E-state index is 0.573. The van der Waals surface area contributed by atoms with Gasteiger partial charge in [-0.05, 0) is 50.5 Å². The zero-order valence-electron chi connectivity index (χ0n) is 13.6. The highest BCUT2D eigenvalue weighted by atomic mass is 16.5. The molecule has 0 atom stereocenters. The second kappa shape index (κ2) is 5.73. The molecule has 0 N–H and O–H groups in total. The van der Waals surface area contributed by atoms with Gasteiger partial charge in [0.15, 0.2) is 0 Å². The van der Waals surface area contributed by atoms with Crippen molar-refractivity contribution in [1.29, 1.82) is 0 Å². The summed E-state index contributed by atoms with van der Waals surface area (Å²) in [6.07, 6.45) is 5.36. The Morgan fingerprint density at radius 3 is 2.91 bits per heavy atom. The summed E-state index contributed by atoms with van der Waals surface area (Å²) >= 11 is 0. The Morgan fingerprint density at radius 1 is 1.26 bits per heavy atom. The predicted molar refractivity (Wildman–Crippen MR) is 90.9 cm³/mol. The zero-order chi connectivity index (χ0) is 15.8. The topological polar surface area (TPSA) is 35.3 Å². The zero-order valence-corrected chi connectivity index (χ0v) is 13.6. The van der Waals surface area contributed by atoms with E-state index in [-0.39, 0.29) is 0 Å². The third-order valence-electron chi connectivity index (χ3n) is 4.60. The fraction of sp³-hybridized carbons (Fsp3) is 0.350. The number of furan rings is 1. The molecule has 3 heteroatoms. The van der Waals surface area contributed by atoms with Crippen LogP contribution in [0.3, 0.4) is 0 Å². The third-order valence-corrected chi connectivity index (χ3v) is 4.60. The van der Waals surface area contributed by atoms with Gasteiger partial charge in [0, 0.05) is 28.6 Å². The Labute approximate surface area is 136 Å². The number of benzene rings is 1. The highest BCUT2D eigenvalue weighted by molar-refractivity contribution is 5.83. The van der Waals surface area contributed by atoms with Gasteiger partial charge in [-0.3, -0.25) is 4.98 Å². The van der Waals surface area contributed by atoms with E-state index >= 15 is 0 Å². The second-order valence-electron chi connectivity index (χ2n) is 6.26. The first-order valence-corrected chi connectivity index (χ1v) is 8.35. The summed E-state index contributed by atoms with van der Waals surface area (Å²) in [7, 11) is 0. The van der Waals surface area contributed by atoms with Gasteiger partial charge in [-0.15, -0.1) is 0 Å². The lowest BCUT2D eigenvalue weighted by atomic mass is 10.1. The molecule has 1 fully saturated rings. The summed E-state index contributed by atoms with van der Waals surface area (Å²) in [5, 5.41) is 1.16. The molecule has 0 amide bonds. The summed E-state index contributed by atoms with van der Waals surface area (Å²) in [6.45, 7) is 4.75. The van der Waals surface area contributed by atoms with Gasteiger partial charge >= 0.3 is 0 Å². The van der Waals surface area contributed by atoms with Crippen molar-refractivity contribution in [2.75, 3.05) is 0 Å². The first kappa shape index (κ1) is 14.3. The molecule has 2 heterocycles. The van der Waals surface area contributed by atoms with Crippen molar-refractivity contribution < 1.29 is 9.15 Å². The van der Waals surface area contributed by atoms with Gasteiger partial charge in [0.25, 0.3) is 0 Å². The van der Waals surface area contributed by atoms with Gasteiger partial charge in [0.2, 0.25) is 0 Å². The maximum Gasteiger partial charge on any atom is 0.134 e. The maximum absolute atomic E-state index is 6.05. The molecule has 1 aliphatic carbocycles. The van der Waals surface area contributed by atoms with Crippen LogP contribution in [-0.4, -0.2) is 4.98 Å². The van der Waals surface area contributed by atoms with E-state index in [1.54, 1.807) is 0 Å². The molecule has 0 aliphatic heterocycles. The standard InChI is InChI=1S/C20H21NO2/c1-3-17-13(2)23-19-9-8-16(11-18(17)19)22-12-15-5-4-10-21-20(15)14-6-7-14/h4-5,8-11,14H,3,6-7,12H2,1-2H3. The van der Waals surface area contributed by atoms with E-state index in [1.807, 2.05) is 31.3 Å². The van der Waals surface area contributed by atoms with Crippen molar-refractivity contribution in [3.63, 3.8) is 0 Å². The van der Waals surface area contributed by atoms with Crippen LogP contribution in [0, 0.1) is 6.92 Å². The predicted octanol–water partition coefficient (Wildman–Crippen LogP) is 5.16. The maximum atomic E-state index is 6.05. The van der Waals surface area contributed by atoms with Gasteiger partial charge in [0.05, 0.1) is 5.69 Å². The van der Waals surface area contributed by atoms with Crippen molar-refractivity contribution in [1.82, 2.24) is 4.98 Å². The van der Waals surface area contributed by atoms with Gasteiger partial charge < -0.3 is 9.15 Å². The average molecular weight is 307 g/mol. The molecule has 0 spiro atoms. The molecular weight excluding hydrogens is 286 g/mol. The van der Waals surface area contributed by atoms with Crippen molar-refractivity contribution in [2.45, 2.75) is 45.6 Å². The van der Waals surface area contributed by atoms with Crippen LogP contribution >= 0.6 is 0 Å². The largest absolute Gasteiger partial charge is 0.489 e. The summed E-state index contributed by atoms with van der Waals surface area (Å²) in [5.41, 5.74) is 4.62. The van der Waals surface area contributed by atoms with E-state index in [0.29, 0.717) is 12.5 Å². The van der Waals surface area contributed by atoms with Crippen LogP contribution in [0.15, 0.2) is 40.9 Å². The van der Waals surface area contributed by atoms with E-state index in [9.17, 15) is 0 Å². The van der Waals surface area contributed by atoms with Gasteiger partial charge in [-0.2, -0.15) is 0 Å². The van der Waals surface area contributed by atoms with Crippen LogP contribution in [0.4, 0.5) is 0 Å². The molecule has 0 radical (unpaired) electrons. The van der Waals surface area contributed by atoms with Crippen LogP contribution < -0.4 is 4.74 Å². The normalized spacial score (nSPS) is 14.3. The highest BCUT2D eigenvalue weighted by Gasteiger charge is 2.27. The van der Waals surface area contributed by atoms with Crippen molar-refractivity contribution >= 4 is 11.0 Å². The summed E-state index contributed by atoms with van der Waals surface area (Å²) in [5.74, 6) is 2.53. The number of hydrogen-bond acceptors (Lipinski definition) is 3. The van der Waals surface area contributed by atoms with Gasteiger partial charge in [0.1, 0.15) is 23.7 Å². The summed E-state index contributed by atoms with van der Waals surface area (Å²) in [4.78, 5) is 4.54. The fourth-order valence-corrected chi connectivity index (χ4v) is 3.24. The Kier molecular flexibility index (Phi) is 3.56. The molecule has 1 aliphatic rings. The van der Waals surface area contributed by atoms with Crippen LogP contribution in [-0.2, 0) is 13.0 Å². The van der Waals surface area contributed by atoms with E-state index < -0.39 is 0 Å². The number of rotatable bonds is 5. The second-order valence-corrected chi connectivity index (χ2v) is 6.26. The van der Waals surface area contributed by atoms with Crippen molar-refractivity contribution in [3.05, 3.63) is 59.1 Å². The lowest BCUT2D eigenvalue weighted by molar-refractivity contribution is 0.304. The minimum Gasteiger partial charge on any atom is -0.489 e. The lowest BCUT2D eigenvalue weighted by Gasteiger charge is -2.10. The molecule has 118 valence electrons. The molecule has 0 saturated heterocycles. The van der Waals surface area contributed by atoms with E-state index in [0.717, 1.165) is 28.9 Å². The number of aromatic nitrogens is 1. The number of pyridine rings is 1. The molecule has 23 heavy (non-hydrogen) atoms. The monoisotopic (exact) mass is 307 g/mol. The summed E-state index contributed by atoms with van der Waals surface area (Å²) < 4.78 is 11.8. The number of aryl methyl sites for hydroxylation is 2. The Morgan fingerprint density at radius 2 is 2.13 bits per heavy atom. The molecule has 1 saturated carbocycles. The van der Waals surface area contributed by atoms with Gasteiger partial charge in [-0.1, -0.05) is 13.0 Å². The number of hydrogen-bond donors (Lipinski definition) is 0. The van der Waals surface area contributed by atoms with Gasteiger partial charge in [-0.25, -0.2) is 0 Å². The number of nitrogens with zero attached hydrogens (tertiary/aromatic N) is 1. The Bertz CT molecular complexity index is 846. The lowest BCUT2D eigenvalue weighted by Crippen LogP contribution is -2.01. The Hall–Kier alpha value is -2.29. The average Bonchev–Trinajstić information content (AvgIpc) is 3.36. The first-order chi connectivity index (χ1) is 11.3. The van der Waals surface area contributed by atoms with E-state index in [4.69, 9.17) is 9.15 Å². The van der Waals surface area contributed by atoms with Crippen LogP contribution in [0.25, 0.3) is 11.0 Å². The van der Waals surface area contributed by atoms with Crippen molar-refractivity contribution in [2.24, 2.45) is 0 Å². The van der Waals surface area contributed by atoms with Crippen molar-refractivity contribution in [3.8, 4) is 5.75 Å². The minimum atomic E-state index is 0.573. The number of fused-ring (bicyclic) bond motifs is 1. The molecule has 3 aromatic rings. The molecule has 4 rings (SSSR count). The first-order valence-electron chi connectivity index (χ1n) is 8.35. The fourth-order valence-electron chi connectivity index (χ4n) is 3.24. The molecule has 2 aromatic heterocycles. The Balaban J connectivity index is 1.58. The molecule has 0 unspecified atom stereocenters. The third kappa shape index (κ3) is 2.72. The SMILES string of the molecule is CCc1c(C)oc2ccc(OCc3cccnc3C3CC3)cc12. The quantitative estimate of drug-likeness (QED) is 0.653. The van der Waals surface area contributed by atoms with Crippen LogP contribution in [0.5, 0.6) is 5.75 Å². The molecule has 3 nitrogen and oxygen atoms in total. The molecular formula is C20H21NO2.